The van der Waals surface area contributed by atoms with E-state index in [-0.39, 0.29) is 16.7 Å². The number of aromatic nitrogens is 2. The number of H-pyrrole nitrogens is 1. The first kappa shape index (κ1) is 23.3. The summed E-state index contributed by atoms with van der Waals surface area (Å²) in [6.07, 6.45) is 0.973. The third-order valence-corrected chi connectivity index (χ3v) is 8.63. The molecule has 4 aromatic rings. The zero-order valence-corrected chi connectivity index (χ0v) is 20.6. The van der Waals surface area contributed by atoms with Gasteiger partial charge >= 0.3 is 0 Å². The molecule has 0 unspecified atom stereocenters. The topological polar surface area (TPSA) is 95.2 Å². The molecule has 2 heterocycles. The van der Waals surface area contributed by atoms with Gasteiger partial charge in [0.05, 0.1) is 15.9 Å². The maximum absolute atomic E-state index is 13.3. The van der Waals surface area contributed by atoms with Crippen LogP contribution in [-0.2, 0) is 14.8 Å². The van der Waals surface area contributed by atoms with Gasteiger partial charge in [0.15, 0.2) is 0 Å². The van der Waals surface area contributed by atoms with E-state index in [1.54, 1.807) is 18.2 Å². The van der Waals surface area contributed by atoms with Crippen molar-refractivity contribution >= 4 is 32.7 Å². The van der Waals surface area contributed by atoms with Gasteiger partial charge in [-0.15, -0.1) is 0 Å². The zero-order valence-electron chi connectivity index (χ0n) is 19.8. The summed E-state index contributed by atoms with van der Waals surface area (Å²) >= 11 is 0. The van der Waals surface area contributed by atoms with Crippen LogP contribution in [0.5, 0.6) is 0 Å². The number of aromatic amines is 1. The lowest BCUT2D eigenvalue weighted by Crippen LogP contribution is -2.41. The largest absolute Gasteiger partial charge is 0.338 e. The number of hydrogen-bond acceptors (Lipinski definition) is 4. The number of carbonyl (C=O) groups is 1. The first-order valence-electron chi connectivity index (χ1n) is 11.7. The molecule has 0 saturated carbocycles. The summed E-state index contributed by atoms with van der Waals surface area (Å²) in [6.45, 7) is 4.66. The lowest BCUT2D eigenvalue weighted by Gasteiger charge is -2.30. The molecule has 3 aromatic carbocycles. The van der Waals surface area contributed by atoms with Gasteiger partial charge < -0.3 is 10.3 Å². The number of amides is 1. The number of rotatable bonds is 5. The molecule has 8 heteroatoms. The Morgan fingerprint density at radius 2 is 1.71 bits per heavy atom. The predicted molar refractivity (Wildman–Crippen MR) is 138 cm³/mol. The zero-order chi connectivity index (χ0) is 24.6. The van der Waals surface area contributed by atoms with Crippen LogP contribution in [0.2, 0.25) is 0 Å². The number of piperidine rings is 1. The van der Waals surface area contributed by atoms with E-state index in [1.165, 1.54) is 9.87 Å². The second-order valence-electron chi connectivity index (χ2n) is 9.10. The summed E-state index contributed by atoms with van der Waals surface area (Å²) in [5.74, 6) is 0.426. The molecule has 2 N–H and O–H groups in total. The summed E-state index contributed by atoms with van der Waals surface area (Å²) < 4.78 is 28.1. The van der Waals surface area contributed by atoms with Gasteiger partial charge in [-0.25, -0.2) is 13.4 Å². The van der Waals surface area contributed by atoms with Crippen LogP contribution >= 0.6 is 0 Å². The second kappa shape index (κ2) is 9.28. The molecule has 5 rings (SSSR count). The average Bonchev–Trinajstić information content (AvgIpc) is 3.30. The fourth-order valence-corrected chi connectivity index (χ4v) is 5.95. The van der Waals surface area contributed by atoms with Crippen molar-refractivity contribution in [2.24, 2.45) is 5.92 Å². The van der Waals surface area contributed by atoms with Crippen molar-refractivity contribution in [1.29, 1.82) is 0 Å². The van der Waals surface area contributed by atoms with E-state index in [2.05, 4.69) is 15.3 Å². The highest BCUT2D eigenvalue weighted by atomic mass is 32.2. The number of carbonyl (C=O) groups excluding carboxylic acids is 1. The minimum Gasteiger partial charge on any atom is -0.338 e. The van der Waals surface area contributed by atoms with Crippen LogP contribution in [0.1, 0.15) is 24.0 Å². The normalized spacial score (nSPS) is 15.4. The lowest BCUT2D eigenvalue weighted by atomic mass is 9.97. The van der Waals surface area contributed by atoms with Gasteiger partial charge in [-0.3, -0.25) is 4.79 Å². The number of hydrogen-bond donors (Lipinski definition) is 2. The van der Waals surface area contributed by atoms with Crippen LogP contribution in [0.15, 0.2) is 71.6 Å². The Labute approximate surface area is 205 Å². The van der Waals surface area contributed by atoms with Crippen LogP contribution in [-0.4, -0.2) is 41.7 Å². The van der Waals surface area contributed by atoms with Crippen molar-refractivity contribution in [3.63, 3.8) is 0 Å². The van der Waals surface area contributed by atoms with Crippen molar-refractivity contribution in [3.05, 3.63) is 77.9 Å². The molecular formula is C27H28N4O3S. The number of benzene rings is 3. The summed E-state index contributed by atoms with van der Waals surface area (Å²) in [5, 5.41) is 2.98. The lowest BCUT2D eigenvalue weighted by molar-refractivity contribution is -0.120. The van der Waals surface area contributed by atoms with Crippen LogP contribution in [0.4, 0.5) is 5.69 Å². The number of imidazole rings is 1. The van der Waals surface area contributed by atoms with Gasteiger partial charge in [0.2, 0.25) is 15.9 Å². The molecule has 0 aliphatic carbocycles. The van der Waals surface area contributed by atoms with Gasteiger partial charge in [-0.05, 0) is 68.1 Å². The maximum Gasteiger partial charge on any atom is 0.243 e. The SMILES string of the molecule is Cc1ccc(NC(=O)C2CCN(S(=O)(=O)c3ccc4nc(-c5ccccc5)[nH]c4c3)CC2)cc1C. The molecule has 0 spiro atoms. The van der Waals surface area contributed by atoms with Gasteiger partial charge in [0.1, 0.15) is 5.82 Å². The van der Waals surface area contributed by atoms with Crippen molar-refractivity contribution < 1.29 is 13.2 Å². The van der Waals surface area contributed by atoms with Crippen LogP contribution in [0.3, 0.4) is 0 Å². The number of nitrogens with one attached hydrogen (secondary N) is 2. The minimum atomic E-state index is -3.67. The van der Waals surface area contributed by atoms with Crippen LogP contribution in [0, 0.1) is 19.8 Å². The molecule has 1 aliphatic rings. The van der Waals surface area contributed by atoms with Gasteiger partial charge in [0.25, 0.3) is 0 Å². The average molecular weight is 489 g/mol. The number of fused-ring (bicyclic) bond motifs is 1. The summed E-state index contributed by atoms with van der Waals surface area (Å²) in [7, 11) is -3.67. The third-order valence-electron chi connectivity index (χ3n) is 6.74. The van der Waals surface area contributed by atoms with Crippen LogP contribution in [0.25, 0.3) is 22.4 Å². The molecule has 1 saturated heterocycles. The Bertz CT molecular complexity index is 1490. The molecule has 1 aromatic heterocycles. The van der Waals surface area contributed by atoms with Gasteiger partial charge in [-0.1, -0.05) is 36.4 Å². The smallest absolute Gasteiger partial charge is 0.243 e. The summed E-state index contributed by atoms with van der Waals surface area (Å²) in [4.78, 5) is 20.8. The quantitative estimate of drug-likeness (QED) is 0.418. The number of sulfonamides is 1. The van der Waals surface area contributed by atoms with E-state index in [1.807, 2.05) is 62.4 Å². The van der Waals surface area contributed by atoms with Crippen LogP contribution < -0.4 is 5.32 Å². The molecule has 1 fully saturated rings. The van der Waals surface area contributed by atoms with Crippen molar-refractivity contribution in [2.75, 3.05) is 18.4 Å². The Morgan fingerprint density at radius 1 is 0.971 bits per heavy atom. The first-order valence-corrected chi connectivity index (χ1v) is 13.2. The van der Waals surface area contributed by atoms with E-state index in [0.29, 0.717) is 42.8 Å². The third kappa shape index (κ3) is 4.72. The molecule has 1 amide bonds. The molecule has 0 radical (unpaired) electrons. The number of aryl methyl sites for hydroxylation is 2. The highest BCUT2D eigenvalue weighted by Crippen LogP contribution is 2.28. The van der Waals surface area contributed by atoms with E-state index in [0.717, 1.165) is 16.8 Å². The Kier molecular flexibility index (Phi) is 6.17. The summed E-state index contributed by atoms with van der Waals surface area (Å²) in [5.41, 5.74) is 5.39. The van der Waals surface area contributed by atoms with Gasteiger partial charge in [-0.2, -0.15) is 4.31 Å². The van der Waals surface area contributed by atoms with E-state index < -0.39 is 10.0 Å². The standard InChI is InChI=1S/C27H28N4O3S/c1-18-8-9-22(16-19(18)2)28-27(32)21-12-14-31(15-13-21)35(33,34)23-10-11-24-25(17-23)30-26(29-24)20-6-4-3-5-7-20/h3-11,16-17,21H,12-15H2,1-2H3,(H,28,32)(H,29,30). The minimum absolute atomic E-state index is 0.0578. The maximum atomic E-state index is 13.3. The van der Waals surface area contributed by atoms with Crippen molar-refractivity contribution in [1.82, 2.24) is 14.3 Å². The molecule has 1 aliphatic heterocycles. The molecule has 180 valence electrons. The van der Waals surface area contributed by atoms with Crippen molar-refractivity contribution in [2.45, 2.75) is 31.6 Å². The van der Waals surface area contributed by atoms with E-state index in [9.17, 15) is 13.2 Å². The molecule has 7 nitrogen and oxygen atoms in total. The molecular weight excluding hydrogens is 460 g/mol. The molecule has 0 atom stereocenters. The van der Waals surface area contributed by atoms with E-state index in [4.69, 9.17) is 0 Å². The Hall–Kier alpha value is -3.49. The number of anilines is 1. The van der Waals surface area contributed by atoms with Crippen molar-refractivity contribution in [3.8, 4) is 11.4 Å². The first-order chi connectivity index (χ1) is 16.8. The fraction of sp³-hybridized carbons (Fsp3) is 0.259. The van der Waals surface area contributed by atoms with E-state index >= 15 is 0 Å². The number of nitrogens with zero attached hydrogens (tertiary/aromatic N) is 2. The fourth-order valence-electron chi connectivity index (χ4n) is 4.45. The Morgan fingerprint density at radius 3 is 2.43 bits per heavy atom. The monoisotopic (exact) mass is 488 g/mol. The van der Waals surface area contributed by atoms with Gasteiger partial charge in [0, 0.05) is 30.3 Å². The summed E-state index contributed by atoms with van der Waals surface area (Å²) in [6, 6.07) is 20.5. The highest BCUT2D eigenvalue weighted by molar-refractivity contribution is 7.89. The second-order valence-corrected chi connectivity index (χ2v) is 11.0. The highest BCUT2D eigenvalue weighted by Gasteiger charge is 2.32. The molecule has 0 bridgehead atoms. The molecule has 35 heavy (non-hydrogen) atoms. The predicted octanol–water partition coefficient (Wildman–Crippen LogP) is 4.89. The Balaban J connectivity index is 1.27.